The number of anilines is 1. The lowest BCUT2D eigenvalue weighted by Crippen LogP contribution is -2.23. The third-order valence-electron chi connectivity index (χ3n) is 3.75. The topological polar surface area (TPSA) is 68.9 Å². The summed E-state index contributed by atoms with van der Waals surface area (Å²) in [5.74, 6) is -2.48. The minimum Gasteiger partial charge on any atom is -0.490 e. The van der Waals surface area contributed by atoms with E-state index in [4.69, 9.17) is 15.2 Å². The number of guanidine groups is 1. The molecule has 1 aliphatic rings. The Balaban J connectivity index is 0.00000261. The number of nitrogens with zero attached hydrogens (tertiary/aromatic N) is 1. The molecule has 27 heavy (non-hydrogen) atoms. The van der Waals surface area contributed by atoms with Crippen molar-refractivity contribution in [3.63, 3.8) is 0 Å². The van der Waals surface area contributed by atoms with E-state index >= 15 is 0 Å². The molecular weight excluding hydrogens is 474 g/mol. The van der Waals surface area contributed by atoms with Crippen molar-refractivity contribution in [1.29, 1.82) is 0 Å². The van der Waals surface area contributed by atoms with E-state index in [0.717, 1.165) is 18.6 Å². The Morgan fingerprint density at radius 2 is 1.70 bits per heavy atom. The highest BCUT2D eigenvalue weighted by atomic mass is 127. The molecule has 3 N–H and O–H groups in total. The van der Waals surface area contributed by atoms with Gasteiger partial charge in [0, 0.05) is 24.7 Å². The van der Waals surface area contributed by atoms with Gasteiger partial charge in [-0.3, -0.25) is 4.99 Å². The summed E-state index contributed by atoms with van der Waals surface area (Å²) in [7, 11) is 0. The van der Waals surface area contributed by atoms with Crippen LogP contribution in [0.2, 0.25) is 0 Å². The van der Waals surface area contributed by atoms with Crippen LogP contribution >= 0.6 is 24.0 Å². The molecule has 0 amide bonds. The molecule has 2 aromatic rings. The van der Waals surface area contributed by atoms with Gasteiger partial charge in [0.25, 0.3) is 0 Å². The Morgan fingerprint density at radius 1 is 1.04 bits per heavy atom. The van der Waals surface area contributed by atoms with Gasteiger partial charge >= 0.3 is 0 Å². The average Bonchev–Trinajstić information content (AvgIpc) is 2.84. The Labute approximate surface area is 171 Å². The Bertz CT molecular complexity index is 810. The summed E-state index contributed by atoms with van der Waals surface area (Å²) in [6.45, 7) is 1.37. The molecule has 0 aliphatic carbocycles. The van der Waals surface area contributed by atoms with Gasteiger partial charge in [-0.25, -0.2) is 13.2 Å². The van der Waals surface area contributed by atoms with Gasteiger partial charge < -0.3 is 20.5 Å². The molecule has 5 nitrogen and oxygen atoms in total. The van der Waals surface area contributed by atoms with Crippen LogP contribution in [0.25, 0.3) is 0 Å². The lowest BCUT2D eigenvalue weighted by molar-refractivity contribution is 0.297. The van der Waals surface area contributed by atoms with Crippen LogP contribution in [0.15, 0.2) is 35.3 Å². The van der Waals surface area contributed by atoms with Crippen LogP contribution in [0, 0.1) is 17.5 Å². The second-order valence-corrected chi connectivity index (χ2v) is 5.73. The zero-order valence-electron chi connectivity index (χ0n) is 14.3. The van der Waals surface area contributed by atoms with Crippen molar-refractivity contribution in [3.8, 4) is 11.5 Å². The van der Waals surface area contributed by atoms with E-state index in [9.17, 15) is 13.2 Å². The molecule has 0 unspecified atom stereocenters. The molecule has 0 spiro atoms. The molecule has 0 saturated heterocycles. The zero-order chi connectivity index (χ0) is 18.5. The van der Waals surface area contributed by atoms with Crippen molar-refractivity contribution in [2.45, 2.75) is 12.8 Å². The van der Waals surface area contributed by atoms with Crippen LogP contribution < -0.4 is 20.5 Å². The number of nitrogens with two attached hydrogens (primary N) is 1. The van der Waals surface area contributed by atoms with E-state index in [1.165, 1.54) is 0 Å². The van der Waals surface area contributed by atoms with E-state index < -0.39 is 17.5 Å². The van der Waals surface area contributed by atoms with E-state index in [0.29, 0.717) is 36.0 Å². The first-order chi connectivity index (χ1) is 12.5. The van der Waals surface area contributed by atoms with Crippen LogP contribution in [0.1, 0.15) is 12.0 Å². The highest BCUT2D eigenvalue weighted by molar-refractivity contribution is 14.0. The monoisotopic (exact) mass is 493 g/mol. The lowest BCUT2D eigenvalue weighted by atomic mass is 10.1. The highest BCUT2D eigenvalue weighted by Gasteiger charge is 2.12. The van der Waals surface area contributed by atoms with E-state index in [-0.39, 0.29) is 42.9 Å². The minimum absolute atomic E-state index is 0. The first-order valence-electron chi connectivity index (χ1n) is 8.13. The Hall–Kier alpha value is -2.17. The fraction of sp³-hybridized carbons (Fsp3) is 0.278. The van der Waals surface area contributed by atoms with E-state index in [1.54, 1.807) is 18.2 Å². The fourth-order valence-electron chi connectivity index (χ4n) is 2.49. The molecule has 0 aromatic heterocycles. The molecule has 0 fully saturated rings. The average molecular weight is 493 g/mol. The lowest BCUT2D eigenvalue weighted by Gasteiger charge is -2.10. The maximum atomic E-state index is 13.2. The van der Waals surface area contributed by atoms with Gasteiger partial charge in [-0.05, 0) is 36.2 Å². The molecule has 1 heterocycles. The van der Waals surface area contributed by atoms with Gasteiger partial charge in [0.15, 0.2) is 34.9 Å². The number of aliphatic imine (C=N–C) groups is 1. The first kappa shape index (κ1) is 21.1. The first-order valence-corrected chi connectivity index (χ1v) is 8.13. The summed E-state index contributed by atoms with van der Waals surface area (Å²) in [5.41, 5.74) is 6.79. The number of benzene rings is 2. The zero-order valence-corrected chi connectivity index (χ0v) is 16.6. The smallest absolute Gasteiger partial charge is 0.194 e. The molecule has 0 bridgehead atoms. The van der Waals surface area contributed by atoms with Crippen molar-refractivity contribution in [3.05, 3.63) is 53.3 Å². The molecule has 0 saturated carbocycles. The number of ether oxygens (including phenoxy) is 2. The van der Waals surface area contributed by atoms with Crippen LogP contribution in [-0.4, -0.2) is 25.7 Å². The van der Waals surface area contributed by atoms with Gasteiger partial charge in [-0.2, -0.15) is 0 Å². The van der Waals surface area contributed by atoms with Crippen molar-refractivity contribution >= 4 is 35.6 Å². The summed E-state index contributed by atoms with van der Waals surface area (Å²) in [5, 5.41) is 2.91. The molecule has 146 valence electrons. The standard InChI is InChI=1S/C18H18F3N3O2.HI/c19-13-8-11(9-14(20)17(13)21)4-5-23-18(22)24-12-2-3-15-16(10-12)26-7-1-6-25-15;/h2-3,8-10H,1,4-7H2,(H3,22,23,24);1H. The van der Waals surface area contributed by atoms with Crippen molar-refractivity contribution < 1.29 is 22.6 Å². The number of hydrogen-bond donors (Lipinski definition) is 2. The molecule has 3 rings (SSSR count). The van der Waals surface area contributed by atoms with Crippen molar-refractivity contribution in [1.82, 2.24) is 0 Å². The predicted octanol–water partition coefficient (Wildman–Crippen LogP) is 3.85. The normalized spacial score (nSPS) is 13.5. The van der Waals surface area contributed by atoms with Gasteiger partial charge in [0.2, 0.25) is 0 Å². The maximum Gasteiger partial charge on any atom is 0.194 e. The van der Waals surface area contributed by atoms with E-state index in [2.05, 4.69) is 10.3 Å². The third kappa shape index (κ3) is 5.65. The Kier molecular flexibility index (Phi) is 7.57. The number of nitrogens with one attached hydrogen (secondary N) is 1. The van der Waals surface area contributed by atoms with Crippen LogP contribution in [0.3, 0.4) is 0 Å². The largest absolute Gasteiger partial charge is 0.490 e. The summed E-state index contributed by atoms with van der Waals surface area (Å²) in [6, 6.07) is 7.21. The third-order valence-corrected chi connectivity index (χ3v) is 3.75. The second kappa shape index (κ2) is 9.67. The molecular formula is C18H19F3IN3O2. The summed E-state index contributed by atoms with van der Waals surface area (Å²) in [4.78, 5) is 4.10. The number of rotatable bonds is 4. The van der Waals surface area contributed by atoms with E-state index in [1.807, 2.05) is 0 Å². The van der Waals surface area contributed by atoms with Crippen molar-refractivity contribution in [2.24, 2.45) is 10.7 Å². The summed E-state index contributed by atoms with van der Waals surface area (Å²) in [6.07, 6.45) is 1.03. The summed E-state index contributed by atoms with van der Waals surface area (Å²) >= 11 is 0. The molecule has 9 heteroatoms. The minimum atomic E-state index is -1.48. The van der Waals surface area contributed by atoms with Crippen molar-refractivity contribution in [2.75, 3.05) is 25.1 Å². The van der Waals surface area contributed by atoms with Gasteiger partial charge in [0.05, 0.1) is 13.2 Å². The molecule has 1 aliphatic heterocycles. The van der Waals surface area contributed by atoms with Gasteiger partial charge in [0.1, 0.15) is 0 Å². The van der Waals surface area contributed by atoms with Crippen LogP contribution in [-0.2, 0) is 6.42 Å². The fourth-order valence-corrected chi connectivity index (χ4v) is 2.49. The number of fused-ring (bicyclic) bond motifs is 1. The van der Waals surface area contributed by atoms with Crippen LogP contribution in [0.4, 0.5) is 18.9 Å². The number of hydrogen-bond acceptors (Lipinski definition) is 3. The second-order valence-electron chi connectivity index (χ2n) is 5.73. The molecule has 0 radical (unpaired) electrons. The van der Waals surface area contributed by atoms with Crippen LogP contribution in [0.5, 0.6) is 11.5 Å². The molecule has 2 aromatic carbocycles. The highest BCUT2D eigenvalue weighted by Crippen LogP contribution is 2.32. The summed E-state index contributed by atoms with van der Waals surface area (Å²) < 4.78 is 50.4. The predicted molar refractivity (Wildman–Crippen MR) is 108 cm³/mol. The van der Waals surface area contributed by atoms with Gasteiger partial charge in [-0.15, -0.1) is 24.0 Å². The quantitative estimate of drug-likeness (QED) is 0.294. The van der Waals surface area contributed by atoms with Gasteiger partial charge in [-0.1, -0.05) is 0 Å². The Morgan fingerprint density at radius 3 is 2.41 bits per heavy atom. The maximum absolute atomic E-state index is 13.2. The number of halogens is 4. The SMILES string of the molecule is I.NC(=NCCc1cc(F)c(F)c(F)c1)Nc1ccc2c(c1)OCCCO2. The molecule has 0 atom stereocenters.